The molecule has 2 aromatic rings. The highest BCUT2D eigenvalue weighted by Gasteiger charge is 2.39. The zero-order valence-corrected chi connectivity index (χ0v) is 25.6. The second-order valence-corrected chi connectivity index (χ2v) is 12.4. The van der Waals surface area contributed by atoms with Crippen molar-refractivity contribution in [2.45, 2.75) is 109 Å². The van der Waals surface area contributed by atoms with Gasteiger partial charge < -0.3 is 14.4 Å². The van der Waals surface area contributed by atoms with Crippen LogP contribution in [0.3, 0.4) is 0 Å². The van der Waals surface area contributed by atoms with Crippen molar-refractivity contribution in [3.05, 3.63) is 64.7 Å². The normalized spacial score (nSPS) is 19.1. The van der Waals surface area contributed by atoms with Gasteiger partial charge >= 0.3 is 5.97 Å². The van der Waals surface area contributed by atoms with Gasteiger partial charge in [-0.05, 0) is 132 Å². The fourth-order valence-corrected chi connectivity index (χ4v) is 6.78. The Bertz CT molecular complexity index is 1160. The lowest BCUT2D eigenvalue weighted by molar-refractivity contribution is -0.134. The van der Waals surface area contributed by atoms with E-state index in [0.717, 1.165) is 75.9 Å². The third kappa shape index (κ3) is 7.50. The summed E-state index contributed by atoms with van der Waals surface area (Å²) < 4.78 is 12.8. The van der Waals surface area contributed by atoms with Gasteiger partial charge in [-0.3, -0.25) is 4.79 Å². The van der Waals surface area contributed by atoms with Crippen LogP contribution in [0, 0.1) is 0 Å². The Morgan fingerprint density at radius 1 is 1.00 bits per heavy atom. The molecule has 1 saturated heterocycles. The summed E-state index contributed by atoms with van der Waals surface area (Å²) in [6, 6.07) is 15.1. The summed E-state index contributed by atoms with van der Waals surface area (Å²) >= 11 is 0. The molecule has 0 spiro atoms. The van der Waals surface area contributed by atoms with Gasteiger partial charge in [0.05, 0.1) is 5.56 Å². The molecule has 2 aliphatic heterocycles. The number of aryl methyl sites for hydroxylation is 1. The summed E-state index contributed by atoms with van der Waals surface area (Å²) in [5, 5.41) is 0. The van der Waals surface area contributed by atoms with E-state index in [2.05, 4.69) is 68.1 Å². The molecule has 40 heavy (non-hydrogen) atoms. The standard InChI is InChI=1S/C35H47NO3.ClH/c1-26(14-11-17-27-15-7-6-8-16-27)28-24-31(38-33(37)20-13-23-36-21-9-4-5-10-22-36)34-29-18-12-19-30(29)35(2,3)39-32(34)25-28;/h6-8,15-16,24-26H,4-5,9-14,17-23H2,1-3H3;1H. The fraction of sp³-hybridized carbons (Fsp3) is 0.571. The molecule has 1 aliphatic carbocycles. The molecule has 218 valence electrons. The van der Waals surface area contributed by atoms with Crippen molar-refractivity contribution >= 4 is 23.9 Å². The van der Waals surface area contributed by atoms with Crippen molar-refractivity contribution in [1.29, 1.82) is 0 Å². The van der Waals surface area contributed by atoms with E-state index in [9.17, 15) is 4.79 Å². The van der Waals surface area contributed by atoms with Crippen LogP contribution in [-0.4, -0.2) is 36.1 Å². The van der Waals surface area contributed by atoms with Crippen molar-refractivity contribution < 1.29 is 14.3 Å². The number of hydrogen-bond donors (Lipinski definition) is 0. The van der Waals surface area contributed by atoms with Crippen molar-refractivity contribution in [3.63, 3.8) is 0 Å². The number of likely N-dealkylation sites (tertiary alicyclic amines) is 1. The lowest BCUT2D eigenvalue weighted by Crippen LogP contribution is -2.33. The Balaban J connectivity index is 0.00000370. The predicted molar refractivity (Wildman–Crippen MR) is 167 cm³/mol. The maximum atomic E-state index is 13.1. The summed E-state index contributed by atoms with van der Waals surface area (Å²) in [5.74, 6) is 1.83. The number of benzene rings is 2. The number of nitrogens with zero attached hydrogens (tertiary/aromatic N) is 1. The van der Waals surface area contributed by atoms with Gasteiger partial charge in [-0.15, -0.1) is 12.4 Å². The monoisotopic (exact) mass is 565 g/mol. The first-order chi connectivity index (χ1) is 18.9. The van der Waals surface area contributed by atoms with Crippen LogP contribution in [0.2, 0.25) is 0 Å². The Hall–Kier alpha value is -2.30. The summed E-state index contributed by atoms with van der Waals surface area (Å²) in [6.07, 6.45) is 13.0. The summed E-state index contributed by atoms with van der Waals surface area (Å²) in [5.41, 5.74) is 6.02. The number of esters is 1. The molecule has 1 fully saturated rings. The maximum absolute atomic E-state index is 13.1. The molecule has 5 rings (SSSR count). The van der Waals surface area contributed by atoms with Crippen LogP contribution in [0.15, 0.2) is 48.0 Å². The van der Waals surface area contributed by atoms with E-state index in [1.165, 1.54) is 48.0 Å². The van der Waals surface area contributed by atoms with Gasteiger partial charge in [-0.2, -0.15) is 0 Å². The minimum absolute atomic E-state index is 0. The molecule has 0 saturated carbocycles. The largest absolute Gasteiger partial charge is 0.483 e. The van der Waals surface area contributed by atoms with Crippen molar-refractivity contribution in [1.82, 2.24) is 4.90 Å². The van der Waals surface area contributed by atoms with Crippen LogP contribution in [0.25, 0.3) is 5.57 Å². The van der Waals surface area contributed by atoms with Crippen LogP contribution in [0.1, 0.15) is 114 Å². The number of ether oxygens (including phenoxy) is 2. The molecule has 5 heteroatoms. The molecule has 0 N–H and O–H groups in total. The minimum atomic E-state index is -0.317. The smallest absolute Gasteiger partial charge is 0.311 e. The van der Waals surface area contributed by atoms with Crippen LogP contribution in [0.4, 0.5) is 0 Å². The average Bonchev–Trinajstić information content (AvgIpc) is 3.28. The Morgan fingerprint density at radius 3 is 2.50 bits per heavy atom. The highest BCUT2D eigenvalue weighted by atomic mass is 35.5. The van der Waals surface area contributed by atoms with Crippen molar-refractivity contribution in [2.24, 2.45) is 0 Å². The molecule has 2 aromatic carbocycles. The van der Waals surface area contributed by atoms with Gasteiger partial charge in [-0.25, -0.2) is 0 Å². The SMILES string of the molecule is CC(CCCc1ccccc1)c1cc(OC(=O)CCCN2CCCCCC2)c2c(c1)OC(C)(C)C1=C2CCC1.Cl. The van der Waals surface area contributed by atoms with Gasteiger partial charge in [0, 0.05) is 6.42 Å². The molecule has 1 atom stereocenters. The third-order valence-electron chi connectivity index (χ3n) is 8.99. The highest BCUT2D eigenvalue weighted by molar-refractivity contribution is 5.85. The Morgan fingerprint density at radius 2 is 1.75 bits per heavy atom. The molecular formula is C35H48ClNO3. The first-order valence-corrected chi connectivity index (χ1v) is 15.5. The zero-order chi connectivity index (χ0) is 27.2. The van der Waals surface area contributed by atoms with Gasteiger partial charge in [0.25, 0.3) is 0 Å². The van der Waals surface area contributed by atoms with Crippen molar-refractivity contribution in [2.75, 3.05) is 19.6 Å². The zero-order valence-electron chi connectivity index (χ0n) is 24.8. The lowest BCUT2D eigenvalue weighted by atomic mass is 9.85. The molecule has 0 aromatic heterocycles. The molecule has 1 unspecified atom stereocenters. The van der Waals surface area contributed by atoms with Gasteiger partial charge in [-0.1, -0.05) is 50.1 Å². The highest BCUT2D eigenvalue weighted by Crippen LogP contribution is 2.52. The number of rotatable bonds is 10. The quantitative estimate of drug-likeness (QED) is 0.213. The fourth-order valence-electron chi connectivity index (χ4n) is 6.78. The van der Waals surface area contributed by atoms with Crippen LogP contribution in [-0.2, 0) is 11.2 Å². The summed E-state index contributed by atoms with van der Waals surface area (Å²) in [6.45, 7) is 9.96. The molecule has 2 heterocycles. The van der Waals surface area contributed by atoms with E-state index in [1.54, 1.807) is 0 Å². The minimum Gasteiger partial charge on any atom is -0.483 e. The molecule has 0 amide bonds. The number of hydrogen-bond acceptors (Lipinski definition) is 4. The molecule has 0 radical (unpaired) electrons. The van der Waals surface area contributed by atoms with E-state index in [1.807, 2.05) is 0 Å². The van der Waals surface area contributed by atoms with Crippen molar-refractivity contribution in [3.8, 4) is 11.5 Å². The first-order valence-electron chi connectivity index (χ1n) is 15.5. The van der Waals surface area contributed by atoms with E-state index in [0.29, 0.717) is 18.1 Å². The predicted octanol–water partition coefficient (Wildman–Crippen LogP) is 8.90. The molecule has 4 nitrogen and oxygen atoms in total. The van der Waals surface area contributed by atoms with E-state index >= 15 is 0 Å². The Labute approximate surface area is 247 Å². The van der Waals surface area contributed by atoms with Crippen LogP contribution in [0.5, 0.6) is 11.5 Å². The van der Waals surface area contributed by atoms with Crippen LogP contribution < -0.4 is 9.47 Å². The Kier molecular flexibility index (Phi) is 10.8. The molecular weight excluding hydrogens is 518 g/mol. The molecule has 3 aliphatic rings. The summed E-state index contributed by atoms with van der Waals surface area (Å²) in [7, 11) is 0. The van der Waals surface area contributed by atoms with Crippen LogP contribution >= 0.6 is 12.4 Å². The first kappa shape index (κ1) is 30.7. The number of fused-ring (bicyclic) bond motifs is 2. The number of allylic oxidation sites excluding steroid dienone is 1. The van der Waals surface area contributed by atoms with Gasteiger partial charge in [0.1, 0.15) is 17.1 Å². The van der Waals surface area contributed by atoms with E-state index in [-0.39, 0.29) is 24.0 Å². The molecule has 0 bridgehead atoms. The summed E-state index contributed by atoms with van der Waals surface area (Å²) in [4.78, 5) is 15.7. The maximum Gasteiger partial charge on any atom is 0.311 e. The second-order valence-electron chi connectivity index (χ2n) is 12.4. The second kappa shape index (κ2) is 14.0. The lowest BCUT2D eigenvalue weighted by Gasteiger charge is -2.36. The number of carbonyl (C=O) groups is 1. The van der Waals surface area contributed by atoms with Gasteiger partial charge in [0.15, 0.2) is 0 Å². The van der Waals surface area contributed by atoms with Gasteiger partial charge in [0.2, 0.25) is 0 Å². The number of halogens is 1. The third-order valence-corrected chi connectivity index (χ3v) is 8.99. The van der Waals surface area contributed by atoms with E-state index in [4.69, 9.17) is 9.47 Å². The number of carbonyl (C=O) groups excluding carboxylic acids is 1. The topological polar surface area (TPSA) is 38.8 Å². The average molecular weight is 566 g/mol. The van der Waals surface area contributed by atoms with E-state index < -0.39 is 0 Å².